The van der Waals surface area contributed by atoms with E-state index in [0.717, 1.165) is 0 Å². The molecular weight excluding hydrogens is 211 g/mol. The van der Waals surface area contributed by atoms with Gasteiger partial charge in [0.2, 0.25) is 0 Å². The van der Waals surface area contributed by atoms with Gasteiger partial charge in [0, 0.05) is 0 Å². The molecule has 0 aromatic rings. The van der Waals surface area contributed by atoms with Crippen molar-refractivity contribution in [3.05, 3.63) is 0 Å². The number of carboxylic acid groups (broad SMARTS) is 3. The fraction of sp³-hybridized carbons (Fsp3) is 0.400. The predicted molar refractivity (Wildman–Crippen MR) is 39.8 cm³/mol. The quantitative estimate of drug-likeness (QED) is 0.359. The Morgan fingerprint density at radius 1 is 1.08 bits per heavy atom. The standard InChI is InChI=1S/C5H6O7.K.H/c6-2(7)1-12-3(4(8)9)5(10)11;;/h3H,1H2,(H,6,7)(H,8,9)(H,10,11);;. The van der Waals surface area contributed by atoms with Crippen LogP contribution in [0.4, 0.5) is 0 Å². The molecular formula is C5H7KO7. The molecule has 0 saturated carbocycles. The number of aliphatic carboxylic acids is 3. The second-order valence-electron chi connectivity index (χ2n) is 1.76. The Hall–Kier alpha value is 0.00636. The van der Waals surface area contributed by atoms with Crippen LogP contribution in [0, 0.1) is 0 Å². The number of hydrogen-bond donors (Lipinski definition) is 3. The fourth-order valence-electron chi connectivity index (χ4n) is 0.403. The van der Waals surface area contributed by atoms with Crippen molar-refractivity contribution in [1.29, 1.82) is 0 Å². The molecule has 0 aliphatic heterocycles. The van der Waals surface area contributed by atoms with Gasteiger partial charge in [0.15, 0.2) is 0 Å². The number of ether oxygens (including phenoxy) is 1. The van der Waals surface area contributed by atoms with E-state index in [9.17, 15) is 14.4 Å². The molecule has 0 bridgehead atoms. The van der Waals surface area contributed by atoms with Gasteiger partial charge >= 0.3 is 69.3 Å². The minimum atomic E-state index is -2.12. The van der Waals surface area contributed by atoms with Gasteiger partial charge in [-0.3, -0.25) is 0 Å². The Kier molecular flexibility index (Phi) is 8.83. The fourth-order valence-corrected chi connectivity index (χ4v) is 0.403. The summed E-state index contributed by atoms with van der Waals surface area (Å²) in [4.78, 5) is 29.9. The molecule has 0 fully saturated rings. The van der Waals surface area contributed by atoms with Crippen molar-refractivity contribution < 1.29 is 34.4 Å². The van der Waals surface area contributed by atoms with Gasteiger partial charge in [-0.2, -0.15) is 0 Å². The predicted octanol–water partition coefficient (Wildman–Crippen LogP) is -2.02. The molecule has 3 N–H and O–H groups in total. The van der Waals surface area contributed by atoms with Crippen LogP contribution < -0.4 is 0 Å². The van der Waals surface area contributed by atoms with E-state index in [1.807, 2.05) is 0 Å². The van der Waals surface area contributed by atoms with Gasteiger partial charge in [-0.1, -0.05) is 0 Å². The van der Waals surface area contributed by atoms with Crippen molar-refractivity contribution in [1.82, 2.24) is 0 Å². The zero-order chi connectivity index (χ0) is 9.72. The van der Waals surface area contributed by atoms with Crippen molar-refractivity contribution in [2.75, 3.05) is 6.61 Å². The number of carboxylic acids is 3. The Labute approximate surface area is 115 Å². The molecule has 0 spiro atoms. The normalized spacial score (nSPS) is 9.00. The second kappa shape index (κ2) is 7.41. The van der Waals surface area contributed by atoms with Crippen LogP contribution in [0.1, 0.15) is 0 Å². The Morgan fingerprint density at radius 3 is 1.69 bits per heavy atom. The molecule has 0 aliphatic rings. The van der Waals surface area contributed by atoms with E-state index in [0.29, 0.717) is 0 Å². The SMILES string of the molecule is O=C(O)COC(C(=O)O)C(=O)O.[KH]. The molecule has 0 aromatic carbocycles. The summed E-state index contributed by atoms with van der Waals surface area (Å²) in [7, 11) is 0. The van der Waals surface area contributed by atoms with Crippen LogP contribution in [-0.2, 0) is 19.1 Å². The molecule has 70 valence electrons. The molecule has 0 aromatic heterocycles. The summed E-state index contributed by atoms with van der Waals surface area (Å²) >= 11 is 0. The molecule has 0 rings (SSSR count). The maximum atomic E-state index is 10.1. The Morgan fingerprint density at radius 2 is 1.46 bits per heavy atom. The van der Waals surface area contributed by atoms with Crippen LogP contribution in [0.2, 0.25) is 0 Å². The van der Waals surface area contributed by atoms with Gasteiger partial charge in [0.05, 0.1) is 0 Å². The average molecular weight is 218 g/mol. The molecule has 8 heteroatoms. The first-order valence-corrected chi connectivity index (χ1v) is 2.74. The summed E-state index contributed by atoms with van der Waals surface area (Å²) in [5.41, 5.74) is 0. The van der Waals surface area contributed by atoms with Gasteiger partial charge in [-0.25, -0.2) is 14.4 Å². The van der Waals surface area contributed by atoms with Crippen LogP contribution >= 0.6 is 0 Å². The summed E-state index contributed by atoms with van der Waals surface area (Å²) in [6.45, 7) is -0.955. The molecule has 0 atom stereocenters. The third-order valence-electron chi connectivity index (χ3n) is 0.822. The number of hydrogen-bond acceptors (Lipinski definition) is 4. The molecule has 7 nitrogen and oxygen atoms in total. The molecule has 13 heavy (non-hydrogen) atoms. The van der Waals surface area contributed by atoms with Crippen molar-refractivity contribution in [3.8, 4) is 0 Å². The third kappa shape index (κ3) is 7.11. The van der Waals surface area contributed by atoms with Crippen molar-refractivity contribution in [2.24, 2.45) is 0 Å². The van der Waals surface area contributed by atoms with Gasteiger partial charge in [0.25, 0.3) is 6.10 Å². The van der Waals surface area contributed by atoms with E-state index in [-0.39, 0.29) is 51.4 Å². The Balaban J connectivity index is 0. The topological polar surface area (TPSA) is 121 Å². The van der Waals surface area contributed by atoms with E-state index < -0.39 is 30.6 Å². The first kappa shape index (κ1) is 15.5. The molecule has 0 unspecified atom stereocenters. The molecule has 0 amide bonds. The van der Waals surface area contributed by atoms with Gasteiger partial charge in [0.1, 0.15) is 6.61 Å². The van der Waals surface area contributed by atoms with Crippen LogP contribution in [0.25, 0.3) is 0 Å². The van der Waals surface area contributed by atoms with Crippen LogP contribution in [-0.4, -0.2) is 97.3 Å². The van der Waals surface area contributed by atoms with E-state index in [2.05, 4.69) is 4.74 Å². The first-order valence-electron chi connectivity index (χ1n) is 2.74. The average Bonchev–Trinajstić information content (AvgIpc) is 1.84. The molecule has 0 heterocycles. The zero-order valence-electron chi connectivity index (χ0n) is 5.76. The van der Waals surface area contributed by atoms with Crippen molar-refractivity contribution >= 4 is 69.3 Å². The van der Waals surface area contributed by atoms with Gasteiger partial charge in [-0.05, 0) is 0 Å². The van der Waals surface area contributed by atoms with E-state index >= 15 is 0 Å². The molecule has 0 saturated heterocycles. The van der Waals surface area contributed by atoms with Crippen LogP contribution in [0.3, 0.4) is 0 Å². The van der Waals surface area contributed by atoms with Crippen LogP contribution in [0.15, 0.2) is 0 Å². The van der Waals surface area contributed by atoms with Crippen molar-refractivity contribution in [2.45, 2.75) is 6.10 Å². The number of rotatable bonds is 5. The summed E-state index contributed by atoms with van der Waals surface area (Å²) in [5.74, 6) is -4.89. The van der Waals surface area contributed by atoms with E-state index in [1.54, 1.807) is 0 Å². The maximum absolute atomic E-state index is 10.1. The Bertz CT molecular complexity index is 199. The zero-order valence-corrected chi connectivity index (χ0v) is 5.76. The monoisotopic (exact) mass is 218 g/mol. The third-order valence-corrected chi connectivity index (χ3v) is 0.822. The van der Waals surface area contributed by atoms with E-state index in [4.69, 9.17) is 15.3 Å². The van der Waals surface area contributed by atoms with Crippen LogP contribution in [0.5, 0.6) is 0 Å². The molecule has 0 aliphatic carbocycles. The summed E-state index contributed by atoms with van der Waals surface area (Å²) in [6, 6.07) is 0. The summed E-state index contributed by atoms with van der Waals surface area (Å²) in [6.07, 6.45) is -2.12. The van der Waals surface area contributed by atoms with Crippen molar-refractivity contribution in [3.63, 3.8) is 0 Å². The second-order valence-corrected chi connectivity index (χ2v) is 1.76. The summed E-state index contributed by atoms with van der Waals surface area (Å²) in [5, 5.41) is 24.3. The number of carbonyl (C=O) groups is 3. The molecule has 0 radical (unpaired) electrons. The first-order chi connectivity index (χ1) is 5.45. The summed E-state index contributed by atoms with van der Waals surface area (Å²) < 4.78 is 4.03. The van der Waals surface area contributed by atoms with E-state index in [1.165, 1.54) is 0 Å². The van der Waals surface area contributed by atoms with Gasteiger partial charge in [-0.15, -0.1) is 0 Å². The van der Waals surface area contributed by atoms with Gasteiger partial charge < -0.3 is 20.1 Å². The minimum absolute atomic E-state index is 0.